The molecule has 1 atom stereocenters. The summed E-state index contributed by atoms with van der Waals surface area (Å²) < 4.78 is 0. The molecule has 0 saturated heterocycles. The molecule has 100 valence electrons. The van der Waals surface area contributed by atoms with Gasteiger partial charge in [0.15, 0.2) is 11.4 Å². The summed E-state index contributed by atoms with van der Waals surface area (Å²) in [7, 11) is 0. The predicted molar refractivity (Wildman–Crippen MR) is 69.7 cm³/mol. The highest BCUT2D eigenvalue weighted by Gasteiger charge is 2.45. The monoisotopic (exact) mass is 261 g/mol. The van der Waals surface area contributed by atoms with E-state index in [0.29, 0.717) is 11.3 Å². The topological polar surface area (TPSA) is 86.6 Å². The normalized spacial score (nSPS) is 22.1. The largest absolute Gasteiger partial charge is 0.512 e. The number of nitrogens with one attached hydrogen (secondary N) is 1. The second kappa shape index (κ2) is 4.51. The zero-order chi connectivity index (χ0) is 14.2. The number of carbonyl (C=O) groups is 2. The van der Waals surface area contributed by atoms with Crippen molar-refractivity contribution in [3.8, 4) is 0 Å². The third-order valence-corrected chi connectivity index (χ3v) is 3.05. The van der Waals surface area contributed by atoms with Crippen LogP contribution in [0.3, 0.4) is 0 Å². The van der Waals surface area contributed by atoms with Crippen LogP contribution in [0.4, 0.5) is 5.69 Å². The van der Waals surface area contributed by atoms with Crippen LogP contribution >= 0.6 is 0 Å². The summed E-state index contributed by atoms with van der Waals surface area (Å²) >= 11 is 0. The number of ketones is 1. The molecule has 0 aliphatic carbocycles. The lowest BCUT2D eigenvalue weighted by atomic mass is 9.90. The number of carbonyl (C=O) groups excluding carboxylic acids is 2. The van der Waals surface area contributed by atoms with Gasteiger partial charge in [-0.15, -0.1) is 0 Å². The van der Waals surface area contributed by atoms with Gasteiger partial charge in [0.05, 0.1) is 5.76 Å². The van der Waals surface area contributed by atoms with Gasteiger partial charge in [0, 0.05) is 23.7 Å². The molecule has 0 radical (unpaired) electrons. The molecule has 1 aromatic carbocycles. The van der Waals surface area contributed by atoms with Crippen molar-refractivity contribution in [3.05, 3.63) is 41.2 Å². The second-order valence-electron chi connectivity index (χ2n) is 4.79. The first-order valence-corrected chi connectivity index (χ1v) is 5.88. The van der Waals surface area contributed by atoms with Crippen molar-refractivity contribution in [2.75, 3.05) is 5.32 Å². The number of fused-ring (bicyclic) bond motifs is 1. The van der Waals surface area contributed by atoms with Gasteiger partial charge < -0.3 is 15.5 Å². The molecule has 0 unspecified atom stereocenters. The van der Waals surface area contributed by atoms with Crippen LogP contribution in [-0.2, 0) is 15.2 Å². The Kier molecular flexibility index (Phi) is 3.16. The number of hydrogen-bond acceptors (Lipinski definition) is 4. The fraction of sp³-hybridized carbons (Fsp3) is 0.286. The molecule has 2 rings (SSSR count). The Morgan fingerprint density at radius 2 is 2.16 bits per heavy atom. The molecule has 1 aliphatic rings. The van der Waals surface area contributed by atoms with Crippen LogP contribution in [0.2, 0.25) is 0 Å². The van der Waals surface area contributed by atoms with E-state index in [9.17, 15) is 19.8 Å². The van der Waals surface area contributed by atoms with Gasteiger partial charge in [0.2, 0.25) is 0 Å². The van der Waals surface area contributed by atoms with Crippen molar-refractivity contribution in [2.24, 2.45) is 0 Å². The Morgan fingerprint density at radius 3 is 2.79 bits per heavy atom. The molecule has 1 aromatic rings. The van der Waals surface area contributed by atoms with Gasteiger partial charge in [0.25, 0.3) is 5.91 Å². The Hall–Kier alpha value is -2.14. The van der Waals surface area contributed by atoms with Gasteiger partial charge >= 0.3 is 0 Å². The van der Waals surface area contributed by atoms with E-state index in [-0.39, 0.29) is 18.0 Å². The Morgan fingerprint density at radius 1 is 1.47 bits per heavy atom. The van der Waals surface area contributed by atoms with Gasteiger partial charge in [-0.25, -0.2) is 0 Å². The highest BCUT2D eigenvalue weighted by atomic mass is 16.3. The third-order valence-electron chi connectivity index (χ3n) is 3.05. The maximum absolute atomic E-state index is 11.9. The number of rotatable bonds is 3. The van der Waals surface area contributed by atoms with Crippen molar-refractivity contribution in [1.82, 2.24) is 0 Å². The molecule has 5 heteroatoms. The fourth-order valence-corrected chi connectivity index (χ4v) is 2.18. The molecule has 1 amide bonds. The molecule has 0 spiro atoms. The first kappa shape index (κ1) is 13.3. The van der Waals surface area contributed by atoms with E-state index in [1.165, 1.54) is 6.92 Å². The van der Waals surface area contributed by atoms with Crippen LogP contribution in [0.5, 0.6) is 0 Å². The number of aliphatic hydroxyl groups excluding tert-OH is 1. The van der Waals surface area contributed by atoms with Crippen LogP contribution in [0, 0.1) is 6.92 Å². The maximum atomic E-state index is 11.9. The van der Waals surface area contributed by atoms with Gasteiger partial charge in [-0.1, -0.05) is 17.7 Å². The molecular weight excluding hydrogens is 246 g/mol. The van der Waals surface area contributed by atoms with Crippen molar-refractivity contribution in [3.63, 3.8) is 0 Å². The molecule has 0 aromatic heterocycles. The summed E-state index contributed by atoms with van der Waals surface area (Å²) in [6.45, 7) is 3.13. The van der Waals surface area contributed by atoms with Gasteiger partial charge in [0.1, 0.15) is 0 Å². The van der Waals surface area contributed by atoms with Crippen LogP contribution in [0.1, 0.15) is 24.5 Å². The number of aliphatic hydroxyl groups is 2. The van der Waals surface area contributed by atoms with E-state index in [0.717, 1.165) is 11.6 Å². The highest BCUT2D eigenvalue weighted by Crippen LogP contribution is 2.40. The lowest BCUT2D eigenvalue weighted by molar-refractivity contribution is -0.134. The smallest absolute Gasteiger partial charge is 0.261 e. The van der Waals surface area contributed by atoms with Crippen LogP contribution in [0.25, 0.3) is 0 Å². The summed E-state index contributed by atoms with van der Waals surface area (Å²) in [4.78, 5) is 22.8. The minimum absolute atomic E-state index is 0.320. The second-order valence-corrected chi connectivity index (χ2v) is 4.79. The first-order chi connectivity index (χ1) is 8.83. The molecule has 1 aliphatic heterocycles. The van der Waals surface area contributed by atoms with Gasteiger partial charge in [-0.2, -0.15) is 0 Å². The summed E-state index contributed by atoms with van der Waals surface area (Å²) in [6.07, 6.45) is 0.675. The average Bonchev–Trinajstić information content (AvgIpc) is 2.51. The molecule has 3 N–H and O–H groups in total. The van der Waals surface area contributed by atoms with Gasteiger partial charge in [-0.3, -0.25) is 9.59 Å². The summed E-state index contributed by atoms with van der Waals surface area (Å²) in [5.41, 5.74) is -0.00404. The quantitative estimate of drug-likeness (QED) is 0.569. The summed E-state index contributed by atoms with van der Waals surface area (Å²) in [5.74, 6) is -1.26. The van der Waals surface area contributed by atoms with E-state index in [1.54, 1.807) is 12.1 Å². The Bertz CT molecular complexity index is 591. The number of allylic oxidation sites excluding steroid dienone is 1. The predicted octanol–water partition coefficient (Wildman–Crippen LogP) is 1.56. The Labute approximate surface area is 110 Å². The standard InChI is InChI=1S/C14H15NO4/c1-8-3-4-12-11(5-8)14(19,13(18)15-12)7-10(17)6-9(2)16/h3-6,17,19H,7H2,1-2H3,(H,15,18)/b10-6+/t14-/m1/s1. The fourth-order valence-electron chi connectivity index (χ4n) is 2.18. The van der Waals surface area contributed by atoms with Crippen LogP contribution in [0.15, 0.2) is 30.0 Å². The van der Waals surface area contributed by atoms with E-state index in [2.05, 4.69) is 5.32 Å². The molecular formula is C14H15NO4. The lowest BCUT2D eigenvalue weighted by Crippen LogP contribution is -2.34. The lowest BCUT2D eigenvalue weighted by Gasteiger charge is -2.20. The maximum Gasteiger partial charge on any atom is 0.261 e. The SMILES string of the molecule is CC(=O)/C=C(/O)C[C@]1(O)C(=O)Nc2ccc(C)cc21. The third kappa shape index (κ3) is 2.37. The van der Waals surface area contributed by atoms with E-state index < -0.39 is 11.5 Å². The van der Waals surface area contributed by atoms with Crippen molar-refractivity contribution in [2.45, 2.75) is 25.9 Å². The number of anilines is 1. The molecule has 0 saturated carbocycles. The molecule has 0 bridgehead atoms. The van der Waals surface area contributed by atoms with Crippen molar-refractivity contribution < 1.29 is 19.8 Å². The highest BCUT2D eigenvalue weighted by molar-refractivity contribution is 6.05. The molecule has 19 heavy (non-hydrogen) atoms. The number of hydrogen-bond donors (Lipinski definition) is 3. The molecule has 1 heterocycles. The minimum Gasteiger partial charge on any atom is -0.512 e. The number of amides is 1. The van der Waals surface area contributed by atoms with Gasteiger partial charge in [-0.05, 0) is 19.9 Å². The van der Waals surface area contributed by atoms with Crippen LogP contribution < -0.4 is 5.32 Å². The zero-order valence-electron chi connectivity index (χ0n) is 10.7. The number of benzene rings is 1. The molecule has 0 fully saturated rings. The Balaban J connectivity index is 2.41. The zero-order valence-corrected chi connectivity index (χ0v) is 10.7. The summed E-state index contributed by atoms with van der Waals surface area (Å²) in [5, 5.41) is 22.7. The van der Waals surface area contributed by atoms with E-state index >= 15 is 0 Å². The van der Waals surface area contributed by atoms with E-state index in [4.69, 9.17) is 0 Å². The summed E-state index contributed by atoms with van der Waals surface area (Å²) in [6, 6.07) is 5.21. The van der Waals surface area contributed by atoms with E-state index in [1.807, 2.05) is 13.0 Å². The minimum atomic E-state index is -1.84. The molecule has 5 nitrogen and oxygen atoms in total. The average molecular weight is 261 g/mol. The van der Waals surface area contributed by atoms with Crippen LogP contribution in [-0.4, -0.2) is 21.9 Å². The van der Waals surface area contributed by atoms with Crippen molar-refractivity contribution >= 4 is 17.4 Å². The van der Waals surface area contributed by atoms with Crippen molar-refractivity contribution in [1.29, 1.82) is 0 Å². The number of aryl methyl sites for hydroxylation is 1. The first-order valence-electron chi connectivity index (χ1n) is 5.88.